The highest BCUT2D eigenvalue weighted by molar-refractivity contribution is 7.89. The Morgan fingerprint density at radius 3 is 2.50 bits per heavy atom. The number of nitrogens with zero attached hydrogens (tertiary/aromatic N) is 2. The molecular formula is C10H15N3O4S. The van der Waals surface area contributed by atoms with Crippen LogP contribution in [0.4, 0.5) is 0 Å². The number of carbonyl (C=O) groups is 1. The first-order chi connectivity index (χ1) is 8.50. The number of carboxylic acid groups (broad SMARTS) is 1. The van der Waals surface area contributed by atoms with Gasteiger partial charge in [-0.2, -0.15) is 4.31 Å². The van der Waals surface area contributed by atoms with E-state index in [1.807, 2.05) is 0 Å². The Morgan fingerprint density at radius 2 is 2.00 bits per heavy atom. The van der Waals surface area contributed by atoms with E-state index >= 15 is 0 Å². The van der Waals surface area contributed by atoms with Gasteiger partial charge in [0, 0.05) is 38.6 Å². The Labute approximate surface area is 105 Å². The van der Waals surface area contributed by atoms with Gasteiger partial charge in [-0.1, -0.05) is 0 Å². The summed E-state index contributed by atoms with van der Waals surface area (Å²) >= 11 is 0. The second kappa shape index (κ2) is 5.09. The molecule has 1 aliphatic heterocycles. The maximum Gasteiger partial charge on any atom is 0.317 e. The van der Waals surface area contributed by atoms with Gasteiger partial charge in [0.25, 0.3) is 0 Å². The zero-order chi connectivity index (χ0) is 13.2. The summed E-state index contributed by atoms with van der Waals surface area (Å²) in [6.45, 7) is 1.48. The second-order valence-corrected chi connectivity index (χ2v) is 6.06. The number of aliphatic carboxylic acids is 1. The first kappa shape index (κ1) is 13.1. The van der Waals surface area contributed by atoms with Crippen LogP contribution in [-0.4, -0.2) is 66.4 Å². The molecule has 0 atom stereocenters. The van der Waals surface area contributed by atoms with E-state index in [0.29, 0.717) is 26.2 Å². The Hall–Kier alpha value is -1.38. The van der Waals surface area contributed by atoms with E-state index in [9.17, 15) is 13.2 Å². The van der Waals surface area contributed by atoms with Crippen molar-refractivity contribution in [2.45, 2.75) is 4.90 Å². The molecule has 18 heavy (non-hydrogen) atoms. The van der Waals surface area contributed by atoms with Gasteiger partial charge in [0.2, 0.25) is 10.0 Å². The molecule has 0 unspecified atom stereocenters. The van der Waals surface area contributed by atoms with Crippen molar-refractivity contribution >= 4 is 16.0 Å². The normalized spacial score (nSPS) is 18.9. The number of hydrogen-bond acceptors (Lipinski definition) is 4. The number of rotatable bonds is 4. The Balaban J connectivity index is 2.00. The molecule has 100 valence electrons. The van der Waals surface area contributed by atoms with Gasteiger partial charge in [0.15, 0.2) is 0 Å². The minimum atomic E-state index is -3.44. The summed E-state index contributed by atoms with van der Waals surface area (Å²) in [6, 6.07) is 1.51. The Morgan fingerprint density at radius 1 is 1.33 bits per heavy atom. The van der Waals surface area contributed by atoms with Gasteiger partial charge in [-0.05, 0) is 6.07 Å². The lowest BCUT2D eigenvalue weighted by Gasteiger charge is -2.32. The number of nitrogens with one attached hydrogen (secondary N) is 1. The Bertz CT molecular complexity index is 503. The quantitative estimate of drug-likeness (QED) is 0.764. The third-order valence-electron chi connectivity index (χ3n) is 2.90. The fourth-order valence-corrected chi connectivity index (χ4v) is 3.34. The molecule has 0 spiro atoms. The van der Waals surface area contributed by atoms with Crippen molar-refractivity contribution in [1.82, 2.24) is 14.2 Å². The fraction of sp³-hybridized carbons (Fsp3) is 0.500. The van der Waals surface area contributed by atoms with Gasteiger partial charge in [0.1, 0.15) is 0 Å². The summed E-state index contributed by atoms with van der Waals surface area (Å²) < 4.78 is 25.7. The molecule has 0 amide bonds. The highest BCUT2D eigenvalue weighted by atomic mass is 32.2. The maximum absolute atomic E-state index is 12.1. The van der Waals surface area contributed by atoms with Crippen molar-refractivity contribution in [3.8, 4) is 0 Å². The van der Waals surface area contributed by atoms with Crippen molar-refractivity contribution in [3.63, 3.8) is 0 Å². The zero-order valence-corrected chi connectivity index (χ0v) is 10.6. The highest BCUT2D eigenvalue weighted by Crippen LogP contribution is 2.16. The molecule has 8 heteroatoms. The molecule has 0 bridgehead atoms. The lowest BCUT2D eigenvalue weighted by molar-refractivity contribution is -0.138. The zero-order valence-electron chi connectivity index (χ0n) is 9.74. The monoisotopic (exact) mass is 273 g/mol. The van der Waals surface area contributed by atoms with Gasteiger partial charge in [0.05, 0.1) is 11.4 Å². The van der Waals surface area contributed by atoms with E-state index in [-0.39, 0.29) is 11.4 Å². The van der Waals surface area contributed by atoms with E-state index in [1.54, 1.807) is 11.1 Å². The van der Waals surface area contributed by atoms with Crippen LogP contribution in [0.2, 0.25) is 0 Å². The van der Waals surface area contributed by atoms with E-state index in [0.717, 1.165) is 0 Å². The van der Waals surface area contributed by atoms with Crippen LogP contribution in [-0.2, 0) is 14.8 Å². The smallest absolute Gasteiger partial charge is 0.317 e. The Kier molecular flexibility index (Phi) is 3.69. The molecule has 1 fully saturated rings. The van der Waals surface area contributed by atoms with E-state index < -0.39 is 16.0 Å². The second-order valence-electron chi connectivity index (χ2n) is 4.12. The van der Waals surface area contributed by atoms with Crippen molar-refractivity contribution < 1.29 is 18.3 Å². The molecule has 2 rings (SSSR count). The number of H-pyrrole nitrogens is 1. The first-order valence-corrected chi connectivity index (χ1v) is 7.01. The van der Waals surface area contributed by atoms with Crippen LogP contribution in [0.3, 0.4) is 0 Å². The summed E-state index contributed by atoms with van der Waals surface area (Å²) in [5, 5.41) is 8.66. The molecule has 1 aliphatic rings. The van der Waals surface area contributed by atoms with Crippen LogP contribution in [0.25, 0.3) is 0 Å². The van der Waals surface area contributed by atoms with Gasteiger partial charge < -0.3 is 10.1 Å². The number of sulfonamides is 1. The topological polar surface area (TPSA) is 93.7 Å². The molecule has 1 saturated heterocycles. The summed E-state index contributed by atoms with van der Waals surface area (Å²) in [6.07, 6.45) is 3.01. The van der Waals surface area contributed by atoms with Gasteiger partial charge in [-0.3, -0.25) is 9.69 Å². The van der Waals surface area contributed by atoms with Gasteiger partial charge >= 0.3 is 5.97 Å². The summed E-state index contributed by atoms with van der Waals surface area (Å²) in [5.74, 6) is -0.892. The maximum atomic E-state index is 12.1. The van der Waals surface area contributed by atoms with Crippen LogP contribution in [0.1, 0.15) is 0 Å². The van der Waals surface area contributed by atoms with Crippen LogP contribution < -0.4 is 0 Å². The molecule has 7 nitrogen and oxygen atoms in total. The lowest BCUT2D eigenvalue weighted by Crippen LogP contribution is -2.49. The van der Waals surface area contributed by atoms with Crippen molar-refractivity contribution in [2.75, 3.05) is 32.7 Å². The first-order valence-electron chi connectivity index (χ1n) is 5.57. The molecule has 0 saturated carbocycles. The fourth-order valence-electron chi connectivity index (χ4n) is 1.94. The molecular weight excluding hydrogens is 258 g/mol. The van der Waals surface area contributed by atoms with Crippen LogP contribution in [0, 0.1) is 0 Å². The summed E-state index contributed by atoms with van der Waals surface area (Å²) in [5.41, 5.74) is 0. The average molecular weight is 273 g/mol. The van der Waals surface area contributed by atoms with Crippen LogP contribution in [0.5, 0.6) is 0 Å². The molecule has 0 radical (unpaired) electrons. The predicted octanol–water partition coefficient (Wildman–Crippen LogP) is -0.594. The average Bonchev–Trinajstić information content (AvgIpc) is 2.83. The standard InChI is InChI=1S/C10H15N3O4S/c14-10(15)8-12-3-5-13(6-4-12)18(16,17)9-1-2-11-7-9/h1-2,7,11H,3-6,8H2,(H,14,15). The van der Waals surface area contributed by atoms with E-state index in [1.165, 1.54) is 16.6 Å². The number of piperazine rings is 1. The SMILES string of the molecule is O=C(O)CN1CCN(S(=O)(=O)c2cc[nH]c2)CC1. The molecule has 0 aliphatic carbocycles. The van der Waals surface area contributed by atoms with E-state index in [2.05, 4.69) is 4.98 Å². The summed E-state index contributed by atoms with van der Waals surface area (Å²) in [4.78, 5) is 15.2. The predicted molar refractivity (Wildman–Crippen MR) is 63.6 cm³/mol. The van der Waals surface area contributed by atoms with Crippen molar-refractivity contribution in [2.24, 2.45) is 0 Å². The number of hydrogen-bond donors (Lipinski definition) is 2. The van der Waals surface area contributed by atoms with Crippen molar-refractivity contribution in [1.29, 1.82) is 0 Å². The number of aromatic nitrogens is 1. The molecule has 0 aromatic carbocycles. The van der Waals surface area contributed by atoms with E-state index in [4.69, 9.17) is 5.11 Å². The van der Waals surface area contributed by atoms with Crippen LogP contribution >= 0.6 is 0 Å². The summed E-state index contributed by atoms with van der Waals surface area (Å²) in [7, 11) is -3.44. The minimum absolute atomic E-state index is 0.0436. The number of carboxylic acids is 1. The highest BCUT2D eigenvalue weighted by Gasteiger charge is 2.29. The van der Waals surface area contributed by atoms with Crippen LogP contribution in [0.15, 0.2) is 23.4 Å². The largest absolute Gasteiger partial charge is 0.480 e. The third-order valence-corrected chi connectivity index (χ3v) is 4.79. The minimum Gasteiger partial charge on any atom is -0.480 e. The third kappa shape index (κ3) is 2.71. The molecule has 1 aromatic rings. The molecule has 2 N–H and O–H groups in total. The van der Waals surface area contributed by atoms with Gasteiger partial charge in [-0.15, -0.1) is 0 Å². The molecule has 2 heterocycles. The van der Waals surface area contributed by atoms with Crippen molar-refractivity contribution in [3.05, 3.63) is 18.5 Å². The lowest BCUT2D eigenvalue weighted by atomic mass is 10.3. The van der Waals surface area contributed by atoms with Gasteiger partial charge in [-0.25, -0.2) is 8.42 Å². The number of aromatic amines is 1. The molecule has 1 aromatic heterocycles.